The van der Waals surface area contributed by atoms with Crippen LogP contribution in [0, 0.1) is 5.92 Å². The molecule has 0 spiro atoms. The van der Waals surface area contributed by atoms with Crippen LogP contribution in [0.25, 0.3) is 17.2 Å². The highest BCUT2D eigenvalue weighted by molar-refractivity contribution is 8.26. The summed E-state index contributed by atoms with van der Waals surface area (Å²) in [7, 11) is 0. The van der Waals surface area contributed by atoms with Gasteiger partial charge in [0.2, 0.25) is 0 Å². The Labute approximate surface area is 208 Å². The maximum absolute atomic E-state index is 13.0. The first-order valence-electron chi connectivity index (χ1n) is 10.7. The number of carboxylic acid groups (broad SMARTS) is 1. The van der Waals surface area contributed by atoms with Crippen molar-refractivity contribution in [2.75, 3.05) is 0 Å². The summed E-state index contributed by atoms with van der Waals surface area (Å²) in [6, 6.07) is 12.4. The summed E-state index contributed by atoms with van der Waals surface area (Å²) in [5, 5.41) is 10.2. The van der Waals surface area contributed by atoms with Crippen LogP contribution in [-0.4, -0.2) is 38.3 Å². The van der Waals surface area contributed by atoms with Gasteiger partial charge in [0.15, 0.2) is 0 Å². The highest BCUT2D eigenvalue weighted by Gasteiger charge is 2.42. The number of thiocarbonyl (C=S) groups is 1. The fourth-order valence-corrected chi connectivity index (χ4v) is 5.06. The molecule has 2 aromatic rings. The van der Waals surface area contributed by atoms with Gasteiger partial charge in [0.1, 0.15) is 16.1 Å². The zero-order chi connectivity index (χ0) is 24.3. The molecule has 2 aromatic carbocycles. The lowest BCUT2D eigenvalue weighted by Gasteiger charge is -2.27. The molecule has 3 rings (SSSR count). The second kappa shape index (κ2) is 10.7. The van der Waals surface area contributed by atoms with Crippen LogP contribution in [0.3, 0.4) is 0 Å². The third kappa shape index (κ3) is 5.78. The molecule has 5 nitrogen and oxygen atoms in total. The number of nitrogens with zero attached hydrogens (tertiary/aromatic N) is 1. The van der Waals surface area contributed by atoms with Crippen molar-refractivity contribution in [3.05, 3.63) is 58.0 Å². The Morgan fingerprint density at radius 1 is 1.18 bits per heavy atom. The van der Waals surface area contributed by atoms with E-state index >= 15 is 0 Å². The lowest BCUT2D eigenvalue weighted by molar-refractivity contribution is -0.147. The first kappa shape index (κ1) is 25.3. The molecule has 33 heavy (non-hydrogen) atoms. The predicted octanol–water partition coefficient (Wildman–Crippen LogP) is 6.49. The summed E-state index contributed by atoms with van der Waals surface area (Å²) in [5.41, 5.74) is 2.74. The summed E-state index contributed by atoms with van der Waals surface area (Å²) in [6.45, 7) is 7.60. The molecule has 0 saturated carbocycles. The monoisotopic (exact) mass is 503 g/mol. The minimum Gasteiger partial charge on any atom is -0.489 e. The predicted molar refractivity (Wildman–Crippen MR) is 139 cm³/mol. The molecule has 0 bridgehead atoms. The lowest BCUT2D eigenvalue weighted by atomic mass is 9.98. The van der Waals surface area contributed by atoms with Crippen molar-refractivity contribution in [3.63, 3.8) is 0 Å². The van der Waals surface area contributed by atoms with E-state index in [1.54, 1.807) is 6.08 Å². The van der Waals surface area contributed by atoms with Crippen molar-refractivity contribution in [3.8, 4) is 16.9 Å². The molecule has 1 N–H and O–H groups in total. The molecule has 0 aromatic heterocycles. The van der Waals surface area contributed by atoms with Crippen LogP contribution in [-0.2, 0) is 9.59 Å². The lowest BCUT2D eigenvalue weighted by Crippen LogP contribution is -2.47. The van der Waals surface area contributed by atoms with E-state index in [4.69, 9.17) is 28.6 Å². The zero-order valence-electron chi connectivity index (χ0n) is 18.9. The highest BCUT2D eigenvalue weighted by Crippen LogP contribution is 2.36. The minimum absolute atomic E-state index is 0.0385. The topological polar surface area (TPSA) is 66.8 Å². The molecule has 1 fully saturated rings. The second-order valence-corrected chi connectivity index (χ2v) is 10.2. The van der Waals surface area contributed by atoms with Gasteiger partial charge in [-0.3, -0.25) is 9.69 Å². The van der Waals surface area contributed by atoms with Gasteiger partial charge in [-0.25, -0.2) is 4.79 Å². The smallest absolute Gasteiger partial charge is 0.327 e. The molecule has 1 heterocycles. The van der Waals surface area contributed by atoms with Crippen LogP contribution >= 0.6 is 35.6 Å². The molecule has 0 radical (unpaired) electrons. The number of ether oxygens (including phenoxy) is 1. The van der Waals surface area contributed by atoms with Crippen molar-refractivity contribution in [2.24, 2.45) is 5.92 Å². The molecule has 174 valence electrons. The van der Waals surface area contributed by atoms with Crippen LogP contribution < -0.4 is 4.74 Å². The number of carbonyl (C=O) groups is 2. The van der Waals surface area contributed by atoms with Gasteiger partial charge in [0.05, 0.1) is 16.0 Å². The van der Waals surface area contributed by atoms with Gasteiger partial charge in [0, 0.05) is 0 Å². The number of benzene rings is 2. The fraction of sp³-hybridized carbons (Fsp3) is 0.320. The van der Waals surface area contributed by atoms with Gasteiger partial charge in [-0.15, -0.1) is 0 Å². The minimum atomic E-state index is -1.05. The van der Waals surface area contributed by atoms with Gasteiger partial charge in [-0.05, 0) is 54.7 Å². The normalized spacial score (nSPS) is 17.0. The number of rotatable bonds is 8. The van der Waals surface area contributed by atoms with Gasteiger partial charge < -0.3 is 9.84 Å². The van der Waals surface area contributed by atoms with Crippen molar-refractivity contribution < 1.29 is 19.4 Å². The van der Waals surface area contributed by atoms with Gasteiger partial charge >= 0.3 is 5.97 Å². The SMILES string of the molecule is CC[C@@H](C)[C@@H](C(=O)O)N1C(=O)/C(=C\c2ccc(-c3ccc(OC(C)C)c(Cl)c3)cc2)SC1=S. The Bertz CT molecular complexity index is 1100. The number of halogens is 1. The number of amides is 1. The average Bonchev–Trinajstić information content (AvgIpc) is 3.03. The van der Waals surface area contributed by atoms with Crippen LogP contribution in [0.1, 0.15) is 39.7 Å². The van der Waals surface area contributed by atoms with E-state index < -0.39 is 12.0 Å². The van der Waals surface area contributed by atoms with Crippen molar-refractivity contribution >= 4 is 57.9 Å². The molecule has 1 amide bonds. The van der Waals surface area contributed by atoms with Gasteiger partial charge in [-0.1, -0.05) is 86.2 Å². The third-order valence-corrected chi connectivity index (χ3v) is 7.00. The highest BCUT2D eigenvalue weighted by atomic mass is 35.5. The number of aliphatic carboxylic acids is 1. The van der Waals surface area contributed by atoms with E-state index in [0.717, 1.165) is 28.5 Å². The first-order valence-corrected chi connectivity index (χ1v) is 12.3. The summed E-state index contributed by atoms with van der Waals surface area (Å²) >= 11 is 12.8. The number of carbonyl (C=O) groups excluding carboxylic acids is 1. The van der Waals surface area contributed by atoms with Crippen molar-refractivity contribution in [1.82, 2.24) is 4.90 Å². The van der Waals surface area contributed by atoms with E-state index in [1.165, 1.54) is 4.90 Å². The Balaban J connectivity index is 1.81. The second-order valence-electron chi connectivity index (χ2n) is 8.15. The van der Waals surface area contributed by atoms with E-state index in [-0.39, 0.29) is 22.2 Å². The van der Waals surface area contributed by atoms with Crippen molar-refractivity contribution in [1.29, 1.82) is 0 Å². The molecule has 8 heteroatoms. The maximum Gasteiger partial charge on any atom is 0.327 e. The van der Waals surface area contributed by atoms with Gasteiger partial charge in [-0.2, -0.15) is 0 Å². The summed E-state index contributed by atoms with van der Waals surface area (Å²) in [5.74, 6) is -0.983. The summed E-state index contributed by atoms with van der Waals surface area (Å²) in [4.78, 5) is 26.4. The van der Waals surface area contributed by atoms with Gasteiger partial charge in [0.25, 0.3) is 5.91 Å². The molecule has 0 aliphatic carbocycles. The van der Waals surface area contributed by atoms with E-state index in [2.05, 4.69) is 0 Å². The summed E-state index contributed by atoms with van der Waals surface area (Å²) in [6.07, 6.45) is 2.41. The largest absolute Gasteiger partial charge is 0.489 e. The molecule has 1 aliphatic rings. The number of thioether (sulfide) groups is 1. The standard InChI is InChI=1S/C25H26ClNO4S2/c1-5-15(4)22(24(29)30)27-23(28)21(33-25(27)32)12-16-6-8-17(9-7-16)18-10-11-20(19(26)13-18)31-14(2)3/h6-15,22H,5H2,1-4H3,(H,29,30)/b21-12+/t15-,22+/m1/s1. The third-order valence-electron chi connectivity index (χ3n) is 5.37. The van der Waals surface area contributed by atoms with E-state index in [9.17, 15) is 14.7 Å². The Morgan fingerprint density at radius 2 is 1.82 bits per heavy atom. The number of hydrogen-bond donors (Lipinski definition) is 1. The molecular formula is C25H26ClNO4S2. The van der Waals surface area contributed by atoms with Crippen LogP contribution in [0.4, 0.5) is 0 Å². The Morgan fingerprint density at radius 3 is 2.36 bits per heavy atom. The Hall–Kier alpha value is -2.35. The van der Waals surface area contributed by atoms with E-state index in [0.29, 0.717) is 22.1 Å². The maximum atomic E-state index is 13.0. The van der Waals surface area contributed by atoms with E-state index in [1.807, 2.05) is 70.2 Å². The van der Waals surface area contributed by atoms with Crippen LogP contribution in [0.15, 0.2) is 47.4 Å². The summed E-state index contributed by atoms with van der Waals surface area (Å²) < 4.78 is 5.96. The molecular weight excluding hydrogens is 478 g/mol. The molecule has 1 saturated heterocycles. The molecule has 2 atom stereocenters. The van der Waals surface area contributed by atoms with Crippen molar-refractivity contribution in [2.45, 2.75) is 46.3 Å². The number of hydrogen-bond acceptors (Lipinski definition) is 5. The molecule has 0 unspecified atom stereocenters. The average molecular weight is 504 g/mol. The van der Waals surface area contributed by atoms with Crippen LogP contribution in [0.2, 0.25) is 5.02 Å². The quantitative estimate of drug-likeness (QED) is 0.328. The first-order chi connectivity index (χ1) is 15.6. The van der Waals surface area contributed by atoms with Crippen LogP contribution in [0.5, 0.6) is 5.75 Å². The fourth-order valence-electron chi connectivity index (χ4n) is 3.50. The Kier molecular flexibility index (Phi) is 8.21. The number of carboxylic acids is 1. The molecule has 1 aliphatic heterocycles. The zero-order valence-corrected chi connectivity index (χ0v) is 21.3.